The maximum absolute atomic E-state index is 12.4. The zero-order valence-electron chi connectivity index (χ0n) is 13.5. The van der Waals surface area contributed by atoms with E-state index >= 15 is 0 Å². The number of urea groups is 1. The van der Waals surface area contributed by atoms with Gasteiger partial charge in [0.2, 0.25) is 9.84 Å². The Bertz CT molecular complexity index is 978. The van der Waals surface area contributed by atoms with Crippen LogP contribution in [0, 0.1) is 0 Å². The number of nitrogens with zero attached hydrogens (tertiary/aromatic N) is 3. The van der Waals surface area contributed by atoms with Crippen molar-refractivity contribution in [3.05, 3.63) is 73.1 Å². The summed E-state index contributed by atoms with van der Waals surface area (Å²) < 4.78 is 24.9. The molecule has 1 aromatic carbocycles. The van der Waals surface area contributed by atoms with Crippen molar-refractivity contribution in [1.29, 1.82) is 0 Å². The number of nitrogens with one attached hydrogen (secondary N) is 2. The minimum Gasteiger partial charge on any atom is -0.334 e. The molecule has 8 nitrogen and oxygen atoms in total. The standard InChI is InChI=1S/C17H15N5O3S/c23-17(21-9-13-2-1-7-18-8-13)22-14-3-5-15(6-4-14)26(24,25)16-10-19-12-20-11-16/h1-8,10-12H,9H2,(H2,21,22,23). The van der Waals surface area contributed by atoms with Gasteiger partial charge in [0.25, 0.3) is 0 Å². The van der Waals surface area contributed by atoms with Gasteiger partial charge in [0.05, 0.1) is 4.90 Å². The van der Waals surface area contributed by atoms with Gasteiger partial charge in [-0.25, -0.2) is 23.2 Å². The molecule has 2 heterocycles. The van der Waals surface area contributed by atoms with E-state index in [4.69, 9.17) is 0 Å². The second-order valence-corrected chi connectivity index (χ2v) is 7.22. The largest absolute Gasteiger partial charge is 0.334 e. The fourth-order valence-electron chi connectivity index (χ4n) is 2.14. The quantitative estimate of drug-likeness (QED) is 0.711. The minimum absolute atomic E-state index is 0.00919. The van der Waals surface area contributed by atoms with Crippen molar-refractivity contribution in [2.75, 3.05) is 5.32 Å². The normalized spacial score (nSPS) is 10.9. The molecular formula is C17H15N5O3S. The van der Waals surface area contributed by atoms with Gasteiger partial charge in [0.1, 0.15) is 11.2 Å². The Labute approximate surface area is 150 Å². The molecule has 3 aromatic rings. The molecule has 0 saturated heterocycles. The first-order valence-corrected chi connectivity index (χ1v) is 9.08. The molecule has 26 heavy (non-hydrogen) atoms. The van der Waals surface area contributed by atoms with Crippen molar-refractivity contribution in [2.24, 2.45) is 0 Å². The molecular weight excluding hydrogens is 354 g/mol. The summed E-state index contributed by atoms with van der Waals surface area (Å²) in [6, 6.07) is 9.09. The zero-order valence-corrected chi connectivity index (χ0v) is 14.3. The lowest BCUT2D eigenvalue weighted by Crippen LogP contribution is -2.28. The van der Waals surface area contributed by atoms with Crippen LogP contribution in [0.2, 0.25) is 0 Å². The summed E-state index contributed by atoms with van der Waals surface area (Å²) in [5.41, 5.74) is 1.34. The van der Waals surface area contributed by atoms with Crippen LogP contribution in [0.25, 0.3) is 0 Å². The SMILES string of the molecule is O=C(NCc1cccnc1)Nc1ccc(S(=O)(=O)c2cncnc2)cc1. The summed E-state index contributed by atoms with van der Waals surface area (Å²) in [4.78, 5) is 23.4. The van der Waals surface area contributed by atoms with E-state index in [0.717, 1.165) is 5.56 Å². The predicted molar refractivity (Wildman–Crippen MR) is 94.0 cm³/mol. The first-order chi connectivity index (χ1) is 12.6. The lowest BCUT2D eigenvalue weighted by Gasteiger charge is -2.09. The third-order valence-electron chi connectivity index (χ3n) is 3.45. The number of anilines is 1. The summed E-state index contributed by atoms with van der Waals surface area (Å²) >= 11 is 0. The molecule has 0 bridgehead atoms. The Morgan fingerprint density at radius 3 is 2.31 bits per heavy atom. The van der Waals surface area contributed by atoms with E-state index in [1.807, 2.05) is 6.07 Å². The van der Waals surface area contributed by atoms with Crippen LogP contribution in [-0.2, 0) is 16.4 Å². The minimum atomic E-state index is -3.69. The van der Waals surface area contributed by atoms with Crippen LogP contribution in [0.4, 0.5) is 10.5 Å². The van der Waals surface area contributed by atoms with Crippen molar-refractivity contribution in [3.8, 4) is 0 Å². The van der Waals surface area contributed by atoms with E-state index in [-0.39, 0.29) is 9.79 Å². The number of benzene rings is 1. The molecule has 2 amide bonds. The monoisotopic (exact) mass is 369 g/mol. The number of sulfone groups is 1. The lowest BCUT2D eigenvalue weighted by molar-refractivity contribution is 0.251. The number of rotatable bonds is 5. The lowest BCUT2D eigenvalue weighted by atomic mass is 10.3. The number of hydrogen-bond donors (Lipinski definition) is 2. The van der Waals surface area contributed by atoms with Crippen LogP contribution in [0.3, 0.4) is 0 Å². The topological polar surface area (TPSA) is 114 Å². The van der Waals surface area contributed by atoms with Crippen LogP contribution in [0.15, 0.2) is 77.3 Å². The van der Waals surface area contributed by atoms with Crippen LogP contribution in [0.5, 0.6) is 0 Å². The van der Waals surface area contributed by atoms with Crippen molar-refractivity contribution in [3.63, 3.8) is 0 Å². The van der Waals surface area contributed by atoms with Gasteiger partial charge in [-0.05, 0) is 35.9 Å². The highest BCUT2D eigenvalue weighted by atomic mass is 32.2. The molecule has 0 fully saturated rings. The number of carbonyl (C=O) groups excluding carboxylic acids is 1. The highest BCUT2D eigenvalue weighted by Crippen LogP contribution is 2.21. The third kappa shape index (κ3) is 4.19. The number of aromatic nitrogens is 3. The van der Waals surface area contributed by atoms with Crippen LogP contribution in [-0.4, -0.2) is 29.4 Å². The first-order valence-electron chi connectivity index (χ1n) is 7.59. The second kappa shape index (κ2) is 7.70. The Morgan fingerprint density at radius 2 is 1.65 bits per heavy atom. The van der Waals surface area contributed by atoms with E-state index < -0.39 is 15.9 Å². The van der Waals surface area contributed by atoms with Gasteiger partial charge in [-0.2, -0.15) is 0 Å². The number of carbonyl (C=O) groups is 1. The van der Waals surface area contributed by atoms with Crippen molar-refractivity contribution in [2.45, 2.75) is 16.3 Å². The summed E-state index contributed by atoms with van der Waals surface area (Å²) in [5.74, 6) is 0. The van der Waals surface area contributed by atoms with Gasteiger partial charge in [0.15, 0.2) is 0 Å². The van der Waals surface area contributed by atoms with Crippen LogP contribution < -0.4 is 10.6 Å². The molecule has 0 aliphatic carbocycles. The van der Waals surface area contributed by atoms with E-state index in [0.29, 0.717) is 12.2 Å². The van der Waals surface area contributed by atoms with Crippen molar-refractivity contribution < 1.29 is 13.2 Å². The summed E-state index contributed by atoms with van der Waals surface area (Å²) in [6.07, 6.45) is 7.05. The number of pyridine rings is 1. The Kier molecular flexibility index (Phi) is 5.18. The number of amides is 2. The summed E-state index contributed by atoms with van der Waals surface area (Å²) in [6.45, 7) is 0.333. The highest BCUT2D eigenvalue weighted by Gasteiger charge is 2.18. The van der Waals surface area contributed by atoms with Crippen molar-refractivity contribution in [1.82, 2.24) is 20.3 Å². The molecule has 0 aliphatic heterocycles. The smallest absolute Gasteiger partial charge is 0.319 e. The molecule has 0 aliphatic rings. The molecule has 132 valence electrons. The second-order valence-electron chi connectivity index (χ2n) is 5.27. The van der Waals surface area contributed by atoms with E-state index in [9.17, 15) is 13.2 Å². The third-order valence-corrected chi connectivity index (χ3v) is 5.17. The molecule has 2 aromatic heterocycles. The van der Waals surface area contributed by atoms with E-state index in [1.54, 1.807) is 18.5 Å². The fourth-order valence-corrected chi connectivity index (χ4v) is 3.30. The Hall–Kier alpha value is -3.33. The summed E-state index contributed by atoms with van der Waals surface area (Å²) in [5, 5.41) is 5.33. The highest BCUT2D eigenvalue weighted by molar-refractivity contribution is 7.91. The first kappa shape index (κ1) is 17.5. The number of hydrogen-bond acceptors (Lipinski definition) is 6. The predicted octanol–water partition coefficient (Wildman–Crippen LogP) is 2.03. The van der Waals surface area contributed by atoms with Gasteiger partial charge in [-0.1, -0.05) is 6.07 Å². The molecule has 0 radical (unpaired) electrons. The molecule has 0 spiro atoms. The average molecular weight is 369 g/mol. The summed E-state index contributed by atoms with van der Waals surface area (Å²) in [7, 11) is -3.69. The van der Waals surface area contributed by atoms with Gasteiger partial charge >= 0.3 is 6.03 Å². The molecule has 2 N–H and O–H groups in total. The molecule has 9 heteroatoms. The molecule has 3 rings (SSSR count). The molecule has 0 unspecified atom stereocenters. The van der Waals surface area contributed by atoms with Crippen molar-refractivity contribution >= 4 is 21.6 Å². The Balaban J connectivity index is 1.63. The van der Waals surface area contributed by atoms with Gasteiger partial charge < -0.3 is 10.6 Å². The zero-order chi connectivity index (χ0) is 18.4. The Morgan fingerprint density at radius 1 is 0.923 bits per heavy atom. The fraction of sp³-hybridized carbons (Fsp3) is 0.0588. The molecule has 0 saturated carbocycles. The van der Waals surface area contributed by atoms with Gasteiger partial charge in [0, 0.05) is 37.0 Å². The average Bonchev–Trinajstić information content (AvgIpc) is 2.68. The van der Waals surface area contributed by atoms with E-state index in [1.165, 1.54) is 43.0 Å². The molecule has 0 atom stereocenters. The van der Waals surface area contributed by atoms with Gasteiger partial charge in [-0.3, -0.25) is 4.98 Å². The van der Waals surface area contributed by atoms with Crippen LogP contribution >= 0.6 is 0 Å². The van der Waals surface area contributed by atoms with Crippen LogP contribution in [0.1, 0.15) is 5.56 Å². The van der Waals surface area contributed by atoms with Gasteiger partial charge in [-0.15, -0.1) is 0 Å². The van der Waals surface area contributed by atoms with E-state index in [2.05, 4.69) is 25.6 Å². The maximum atomic E-state index is 12.4. The maximum Gasteiger partial charge on any atom is 0.319 e.